The van der Waals surface area contributed by atoms with E-state index < -0.39 is 36.5 Å². The lowest BCUT2D eigenvalue weighted by Gasteiger charge is -2.42. The molecule has 4 unspecified atom stereocenters. The fourth-order valence-corrected chi connectivity index (χ4v) is 7.39. The second kappa shape index (κ2) is 18.5. The lowest BCUT2D eigenvalue weighted by Crippen LogP contribution is -2.64. The van der Waals surface area contributed by atoms with Crippen LogP contribution in [-0.4, -0.2) is 45.8 Å². The second-order valence-electron chi connectivity index (χ2n) is 15.4. The van der Waals surface area contributed by atoms with Crippen molar-refractivity contribution in [2.24, 2.45) is 11.5 Å². The summed E-state index contributed by atoms with van der Waals surface area (Å²) in [6.07, 6.45) is -3.60. The van der Waals surface area contributed by atoms with Gasteiger partial charge in [0.25, 0.3) is 0 Å². The van der Waals surface area contributed by atoms with Crippen molar-refractivity contribution in [3.05, 3.63) is 204 Å². The lowest BCUT2D eigenvalue weighted by atomic mass is 9.74. The summed E-state index contributed by atoms with van der Waals surface area (Å²) in [5.74, 6) is 3.92. The number of ether oxygens (including phenoxy) is 4. The molecule has 8 N–H and O–H groups in total. The molecule has 0 saturated heterocycles. The van der Waals surface area contributed by atoms with Crippen molar-refractivity contribution in [3.8, 4) is 34.5 Å². The van der Waals surface area contributed by atoms with Crippen molar-refractivity contribution < 1.29 is 39.4 Å². The number of nitrogens with two attached hydrogens (primary N) is 2. The Bertz CT molecular complexity index is 2540. The molecule has 8 rings (SSSR count). The van der Waals surface area contributed by atoms with Gasteiger partial charge in [0.1, 0.15) is 59.9 Å². The maximum absolute atomic E-state index is 11.7. The summed E-state index contributed by atoms with van der Waals surface area (Å²) < 4.78 is 24.0. The van der Waals surface area contributed by atoms with E-state index in [0.717, 1.165) is 44.2 Å². The van der Waals surface area contributed by atoms with E-state index in [1.165, 1.54) is 0 Å². The highest BCUT2D eigenvalue weighted by Crippen LogP contribution is 2.36. The van der Waals surface area contributed by atoms with Crippen LogP contribution in [0, 0.1) is 0 Å². The van der Waals surface area contributed by atoms with E-state index in [2.05, 4.69) is 0 Å². The quantitative estimate of drug-likeness (QED) is 0.0524. The molecule has 0 aliphatic carbocycles. The van der Waals surface area contributed by atoms with Crippen molar-refractivity contribution in [1.82, 2.24) is 0 Å². The molecule has 0 radical (unpaired) electrons. The van der Waals surface area contributed by atoms with Crippen LogP contribution in [0.1, 0.15) is 22.3 Å². The Morgan fingerprint density at radius 3 is 1.08 bits per heavy atom. The third-order valence-electron chi connectivity index (χ3n) is 11.2. The smallest absolute Gasteiger partial charge is 0.128 e. The van der Waals surface area contributed by atoms with Crippen molar-refractivity contribution in [1.29, 1.82) is 0 Å². The molecule has 8 aromatic rings. The highest BCUT2D eigenvalue weighted by Gasteiger charge is 2.48. The van der Waals surface area contributed by atoms with Gasteiger partial charge in [0.2, 0.25) is 0 Å². The van der Waals surface area contributed by atoms with E-state index in [0.29, 0.717) is 47.3 Å². The van der Waals surface area contributed by atoms with Gasteiger partial charge < -0.3 is 50.8 Å². The molecule has 0 spiro atoms. The summed E-state index contributed by atoms with van der Waals surface area (Å²) in [5, 5.41) is 47.9. The van der Waals surface area contributed by atoms with E-state index in [-0.39, 0.29) is 0 Å². The maximum Gasteiger partial charge on any atom is 0.128 e. The molecule has 10 heteroatoms. The summed E-state index contributed by atoms with van der Waals surface area (Å²) in [7, 11) is 0. The van der Waals surface area contributed by atoms with Crippen LogP contribution in [0.15, 0.2) is 182 Å². The first-order valence-electron chi connectivity index (χ1n) is 20.3. The largest absolute Gasteiger partial charge is 0.489 e. The number of benzene rings is 8. The number of hydrogen-bond acceptors (Lipinski definition) is 10. The molecule has 4 atom stereocenters. The third-order valence-corrected chi connectivity index (χ3v) is 11.2. The molecule has 0 aromatic heterocycles. The number of fused-ring (bicyclic) bond motifs is 2. The van der Waals surface area contributed by atoms with Crippen molar-refractivity contribution in [3.63, 3.8) is 0 Å². The zero-order valence-electron chi connectivity index (χ0n) is 33.9. The average molecular weight is 829 g/mol. The van der Waals surface area contributed by atoms with Gasteiger partial charge in [-0.15, -0.1) is 0 Å². The minimum atomic E-state index is -1.86. The Balaban J connectivity index is 0.927. The molecule has 62 heavy (non-hydrogen) atoms. The second-order valence-corrected chi connectivity index (χ2v) is 15.4. The minimum Gasteiger partial charge on any atom is -0.489 e. The number of aliphatic hydroxyl groups is 4. The first kappa shape index (κ1) is 42.0. The molecule has 0 fully saturated rings. The van der Waals surface area contributed by atoms with Crippen LogP contribution < -0.4 is 30.4 Å². The van der Waals surface area contributed by atoms with Crippen molar-refractivity contribution >= 4 is 21.5 Å². The normalized spacial score (nSPS) is 14.4. The monoisotopic (exact) mass is 828 g/mol. The first-order valence-corrected chi connectivity index (χ1v) is 20.3. The van der Waals surface area contributed by atoms with Crippen LogP contribution in [0.4, 0.5) is 0 Å². The molecular formula is C52H48N2O8. The number of aliphatic hydroxyl groups excluding tert-OH is 4. The van der Waals surface area contributed by atoms with Crippen LogP contribution in [0.5, 0.6) is 34.5 Å². The van der Waals surface area contributed by atoms with Crippen molar-refractivity contribution in [2.45, 2.75) is 36.5 Å². The summed E-state index contributed by atoms with van der Waals surface area (Å²) in [6, 6.07) is 56.1. The number of hydrogen-bond donors (Lipinski definition) is 6. The van der Waals surface area contributed by atoms with Gasteiger partial charge in [-0.2, -0.15) is 0 Å². The molecule has 0 bridgehead atoms. The number of rotatable bonds is 17. The topological polar surface area (TPSA) is 170 Å². The van der Waals surface area contributed by atoms with Gasteiger partial charge in [-0.05, 0) is 129 Å². The summed E-state index contributed by atoms with van der Waals surface area (Å²) in [5.41, 5.74) is 12.7. The highest BCUT2D eigenvalue weighted by atomic mass is 16.5. The van der Waals surface area contributed by atoms with Crippen LogP contribution in [0.2, 0.25) is 0 Å². The van der Waals surface area contributed by atoms with Gasteiger partial charge in [0, 0.05) is 0 Å². The molecule has 8 aromatic carbocycles. The Labute approximate surface area is 359 Å². The zero-order chi connectivity index (χ0) is 43.1. The average Bonchev–Trinajstić information content (AvgIpc) is 3.32. The highest BCUT2D eigenvalue weighted by molar-refractivity contribution is 5.86. The van der Waals surface area contributed by atoms with E-state index in [4.69, 9.17) is 30.4 Å². The van der Waals surface area contributed by atoms with Crippen LogP contribution in [0.25, 0.3) is 21.5 Å². The third kappa shape index (κ3) is 9.26. The standard InChI is InChI=1S/C52H48N2O8/c53-51(33-55,41-15-11-39-29-47(17-13-37(39)27-41)61-45-23-19-43(20-24-45)59-31-35-7-3-1-4-8-35)49(57)50(58)52(54,34-56)42-16-12-40-30-48(18-14-38(40)28-42)62-46-25-21-44(22-26-46)60-32-36-9-5-2-6-10-36/h1-30,49-50,55-58H,31-34,53-54H2. The fraction of sp³-hybridized carbons (Fsp3) is 0.154. The Hall–Kier alpha value is -6.76. The van der Waals surface area contributed by atoms with Crippen LogP contribution in [-0.2, 0) is 24.3 Å². The minimum absolute atomic E-state index is 0.361. The SMILES string of the molecule is NC(CO)(c1ccc2cc(Oc3ccc(OCc4ccccc4)cc3)ccc2c1)C(O)C(O)C(N)(CO)c1ccc2cc(Oc3ccc(OCc4ccccc4)cc3)ccc2c1. The molecule has 0 amide bonds. The van der Waals surface area contributed by atoms with E-state index in [1.54, 1.807) is 48.5 Å². The van der Waals surface area contributed by atoms with Crippen LogP contribution in [0.3, 0.4) is 0 Å². The lowest BCUT2D eigenvalue weighted by molar-refractivity contribution is -0.0924. The van der Waals surface area contributed by atoms with Crippen molar-refractivity contribution in [2.75, 3.05) is 13.2 Å². The van der Waals surface area contributed by atoms with E-state index in [9.17, 15) is 20.4 Å². The van der Waals surface area contributed by atoms with E-state index in [1.807, 2.05) is 133 Å². The molecule has 0 aliphatic heterocycles. The van der Waals surface area contributed by atoms with Gasteiger partial charge in [-0.3, -0.25) is 0 Å². The maximum atomic E-state index is 11.7. The first-order chi connectivity index (χ1) is 30.1. The predicted molar refractivity (Wildman–Crippen MR) is 240 cm³/mol. The summed E-state index contributed by atoms with van der Waals surface area (Å²) >= 11 is 0. The van der Waals surface area contributed by atoms with Gasteiger partial charge in [-0.25, -0.2) is 0 Å². The van der Waals surface area contributed by atoms with Gasteiger partial charge >= 0.3 is 0 Å². The molecule has 0 heterocycles. The molecule has 314 valence electrons. The van der Waals surface area contributed by atoms with Crippen LogP contribution >= 0.6 is 0 Å². The summed E-state index contributed by atoms with van der Waals surface area (Å²) in [6.45, 7) is -0.527. The van der Waals surface area contributed by atoms with Gasteiger partial charge in [-0.1, -0.05) is 97.1 Å². The molecular weight excluding hydrogens is 781 g/mol. The van der Waals surface area contributed by atoms with Gasteiger partial charge in [0.05, 0.1) is 24.3 Å². The zero-order valence-corrected chi connectivity index (χ0v) is 33.9. The molecule has 10 nitrogen and oxygen atoms in total. The molecule has 0 saturated carbocycles. The Kier molecular flexibility index (Phi) is 12.5. The van der Waals surface area contributed by atoms with Gasteiger partial charge in [0.15, 0.2) is 0 Å². The van der Waals surface area contributed by atoms with E-state index >= 15 is 0 Å². The Morgan fingerprint density at radius 2 is 0.710 bits per heavy atom. The fourth-order valence-electron chi connectivity index (χ4n) is 7.39. The summed E-state index contributed by atoms with van der Waals surface area (Å²) in [4.78, 5) is 0. The molecule has 0 aliphatic rings. The predicted octanol–water partition coefficient (Wildman–Crippen LogP) is 8.45. The Morgan fingerprint density at radius 1 is 0.387 bits per heavy atom.